The van der Waals surface area contributed by atoms with E-state index in [0.717, 1.165) is 6.42 Å². The predicted octanol–water partition coefficient (Wildman–Crippen LogP) is 7.13. The number of ether oxygens (including phenoxy) is 1. The van der Waals surface area contributed by atoms with Gasteiger partial charge < -0.3 is 0 Å². The summed E-state index contributed by atoms with van der Waals surface area (Å²) in [5.74, 6) is 2.11. The van der Waals surface area contributed by atoms with Gasteiger partial charge >= 0.3 is 184 Å². The summed E-state index contributed by atoms with van der Waals surface area (Å²) in [6, 6.07) is 2.02. The average molecular weight is 570 g/mol. The molecule has 1 fully saturated rings. The molecule has 1 rings (SSSR count). The van der Waals surface area contributed by atoms with Crippen molar-refractivity contribution in [3.63, 3.8) is 0 Å². The molecule has 11 atom stereocenters. The van der Waals surface area contributed by atoms with E-state index in [4.69, 9.17) is 29.8 Å². The first kappa shape index (κ1) is 32.1. The summed E-state index contributed by atoms with van der Waals surface area (Å²) < 4.78 is 49.6. The molecule has 0 spiro atoms. The fourth-order valence-electron chi connectivity index (χ4n) is 4.73. The molecule has 209 valence electrons. The number of hydrogen-bond donors (Lipinski definition) is 0. The summed E-state index contributed by atoms with van der Waals surface area (Å²) >= 11 is 1.95. The van der Waals surface area contributed by atoms with Gasteiger partial charge in [0.2, 0.25) is 0 Å². The zero-order chi connectivity index (χ0) is 28.3. The molecule has 0 aromatic rings. The third kappa shape index (κ3) is 10.2. The van der Waals surface area contributed by atoms with Gasteiger partial charge in [0, 0.05) is 0 Å². The molecule has 10 heteroatoms. The summed E-state index contributed by atoms with van der Waals surface area (Å²) in [4.78, 5) is 5.11. The summed E-state index contributed by atoms with van der Waals surface area (Å²) in [6.07, 6.45) is -0.488. The van der Waals surface area contributed by atoms with Crippen LogP contribution in [0, 0.1) is 52.8 Å². The molecule has 8 nitrogen and oxygen atoms in total. The van der Waals surface area contributed by atoms with Crippen LogP contribution in [0.1, 0.15) is 82.9 Å². The van der Waals surface area contributed by atoms with E-state index in [1.165, 1.54) is 0 Å². The van der Waals surface area contributed by atoms with Crippen LogP contribution >= 0.6 is 7.82 Å². The first-order chi connectivity index (χ1) is 17.3. The van der Waals surface area contributed by atoms with Crippen LogP contribution in [0.2, 0.25) is 0 Å². The Labute approximate surface area is 230 Å². The fourth-order valence-corrected chi connectivity index (χ4v) is 6.55. The first-order valence-corrected chi connectivity index (χ1v) is 15.4. The first-order valence-electron chi connectivity index (χ1n) is 13.9. The molecule has 36 heavy (non-hydrogen) atoms. The Morgan fingerprint density at radius 1 is 1.11 bits per heavy atom. The Kier molecular flexibility index (Phi) is 15.0. The van der Waals surface area contributed by atoms with Crippen LogP contribution in [0.5, 0.6) is 0 Å². The van der Waals surface area contributed by atoms with Crippen molar-refractivity contribution < 1.29 is 46.3 Å². The minimum atomic E-state index is -4.13. The van der Waals surface area contributed by atoms with Crippen molar-refractivity contribution in [3.05, 3.63) is 0 Å². The molecule has 1 aliphatic heterocycles. The van der Waals surface area contributed by atoms with Crippen LogP contribution in [0.4, 0.5) is 0 Å². The summed E-state index contributed by atoms with van der Waals surface area (Å²) in [7, 11) is -4.13. The average Bonchev–Trinajstić information content (AvgIpc) is 3.21. The van der Waals surface area contributed by atoms with E-state index >= 15 is 0 Å². The number of nitrogens with zero attached hydrogens (tertiary/aromatic N) is 2. The molecule has 0 radical (unpaired) electrons. The van der Waals surface area contributed by atoms with Gasteiger partial charge in [-0.15, -0.1) is 0 Å². The Bertz CT molecular complexity index is 772. The van der Waals surface area contributed by atoms with Crippen molar-refractivity contribution >= 4 is 7.82 Å². The molecule has 0 aromatic carbocycles. The van der Waals surface area contributed by atoms with Gasteiger partial charge in [0.05, 0.1) is 0 Å². The topological polar surface area (TPSA) is 99.4 Å². The number of phosphoric ester groups is 1. The predicted molar refractivity (Wildman–Crippen MR) is 136 cm³/mol. The van der Waals surface area contributed by atoms with E-state index in [1.807, 2.05) is 23.3 Å². The Hall–Kier alpha value is -0.0956. The second-order valence-electron chi connectivity index (χ2n) is 10.8. The van der Waals surface area contributed by atoms with E-state index in [0.29, 0.717) is 29.6 Å². The van der Waals surface area contributed by atoms with E-state index in [1.54, 1.807) is 0 Å². The maximum atomic E-state index is 14.2. The van der Waals surface area contributed by atoms with Crippen molar-refractivity contribution in [1.29, 1.82) is 5.26 Å². The van der Waals surface area contributed by atoms with Crippen LogP contribution in [0.15, 0.2) is 3.95 Å². The van der Waals surface area contributed by atoms with Crippen molar-refractivity contribution in [2.45, 2.75) is 99.9 Å². The van der Waals surface area contributed by atoms with Crippen molar-refractivity contribution in [1.82, 2.24) is 0 Å². The molecule has 1 aliphatic rings. The molecular weight excluding hydrogens is 518 g/mol. The zero-order valence-corrected chi connectivity index (χ0v) is 25.9. The third-order valence-corrected chi connectivity index (χ3v) is 10.1. The van der Waals surface area contributed by atoms with Gasteiger partial charge in [0.1, 0.15) is 0 Å². The molecule has 0 N–H and O–H groups in total. The number of rotatable bonds is 18. The van der Waals surface area contributed by atoms with Crippen LogP contribution in [-0.4, -0.2) is 38.1 Å². The monoisotopic (exact) mass is 569 g/mol. The normalized spacial score (nSPS) is 28.2. The van der Waals surface area contributed by atoms with Crippen LogP contribution in [0.3, 0.4) is 0 Å². The van der Waals surface area contributed by atoms with Crippen molar-refractivity contribution in [2.24, 2.45) is 45.4 Å². The van der Waals surface area contributed by atoms with E-state index < -0.39 is 32.7 Å². The minimum absolute atomic E-state index is 0.0528. The van der Waals surface area contributed by atoms with Gasteiger partial charge in [-0.05, 0) is 5.92 Å². The molecule has 0 saturated carbocycles. The van der Waals surface area contributed by atoms with Crippen LogP contribution in [-0.2, 0) is 44.9 Å². The summed E-state index contributed by atoms with van der Waals surface area (Å²) in [6.45, 7) is 19.0. The summed E-state index contributed by atoms with van der Waals surface area (Å²) in [5, 5.41) is 9.05. The zero-order valence-electron chi connectivity index (χ0n) is 24.6. The van der Waals surface area contributed by atoms with E-state index in [2.05, 4.69) is 66.3 Å². The molecule has 11 unspecified atom stereocenters. The second-order valence-corrected chi connectivity index (χ2v) is 12.6. The molecule has 0 bridgehead atoms. The van der Waals surface area contributed by atoms with Crippen LogP contribution < -0.4 is 0 Å². The Morgan fingerprint density at radius 3 is 2.31 bits per heavy atom. The number of hydrogen-bond acceptors (Lipinski definition) is 8. The van der Waals surface area contributed by atoms with Gasteiger partial charge in [0.25, 0.3) is 0 Å². The van der Waals surface area contributed by atoms with Crippen LogP contribution in [0.25, 0.3) is 0 Å². The Balaban J connectivity index is 3.35. The second kappa shape index (κ2) is 16.8. The van der Waals surface area contributed by atoms with Gasteiger partial charge in [-0.3, -0.25) is 0 Å². The standard InChI is InChI=1S/C26H49N2O6P.V/c1-10-18(4)20(6)22(8)26(23(9)21(7)19(5)17(2)3)34-35(29,32-14-11-13-27)33-24-12-15-30-25(24)16-31-28;/h17-26H,10-12,14-16H2,1-9H3;/i15T;. The quantitative estimate of drug-likeness (QED) is 0.0984. The SMILES string of the molecule is [3H]C1CC(OP(=O)(OCCC#N)OC(C(C)C(C)C(C)CC)C(C)C(C)C(C)C(C)C)C(CO[N]=[V])O1. The summed E-state index contributed by atoms with van der Waals surface area (Å²) in [5.41, 5.74) is 0. The molecule has 0 aromatic heterocycles. The van der Waals surface area contributed by atoms with Gasteiger partial charge in [0.15, 0.2) is 0 Å². The number of nitriles is 1. The van der Waals surface area contributed by atoms with Gasteiger partial charge in [-0.2, -0.15) is 0 Å². The molecule has 1 heterocycles. The third-order valence-electron chi connectivity index (χ3n) is 8.41. The van der Waals surface area contributed by atoms with Gasteiger partial charge in [-0.1, -0.05) is 41.0 Å². The van der Waals surface area contributed by atoms with Crippen molar-refractivity contribution in [3.8, 4) is 6.07 Å². The fraction of sp³-hybridized carbons (Fsp3) is 0.962. The molecule has 0 aliphatic carbocycles. The van der Waals surface area contributed by atoms with Crippen molar-refractivity contribution in [2.75, 3.05) is 19.8 Å². The maximum absolute atomic E-state index is 14.2. The van der Waals surface area contributed by atoms with E-state index in [-0.39, 0.29) is 37.9 Å². The van der Waals surface area contributed by atoms with E-state index in [9.17, 15) is 4.57 Å². The molecule has 0 amide bonds. The Morgan fingerprint density at radius 2 is 1.75 bits per heavy atom. The molecular formula is C26H49N2O6PV. The number of phosphoric acid groups is 1. The molecule has 1 saturated heterocycles. The van der Waals surface area contributed by atoms with Gasteiger partial charge in [-0.25, -0.2) is 0 Å².